The fourth-order valence-electron chi connectivity index (χ4n) is 5.00. The lowest BCUT2D eigenvalue weighted by molar-refractivity contribution is -0.145. The molecule has 0 saturated heterocycles. The predicted octanol–water partition coefficient (Wildman–Crippen LogP) is 4.06. The number of fused-ring (bicyclic) bond motifs is 1. The van der Waals surface area contributed by atoms with Crippen LogP contribution in [0.5, 0.6) is 0 Å². The predicted molar refractivity (Wildman–Crippen MR) is 166 cm³/mol. The average molecular weight is 624 g/mol. The zero-order valence-corrected chi connectivity index (χ0v) is 27.0. The van der Waals surface area contributed by atoms with E-state index < -0.39 is 11.7 Å². The van der Waals surface area contributed by atoms with Crippen molar-refractivity contribution >= 4 is 23.6 Å². The van der Waals surface area contributed by atoms with Gasteiger partial charge in [0, 0.05) is 63.5 Å². The number of rotatable bonds is 11. The maximum absolute atomic E-state index is 14.4. The van der Waals surface area contributed by atoms with Crippen LogP contribution in [0.15, 0.2) is 40.9 Å². The molecule has 3 amide bonds. The number of aromatic nitrogens is 2. The van der Waals surface area contributed by atoms with Gasteiger partial charge in [-0.25, -0.2) is 14.2 Å². The summed E-state index contributed by atoms with van der Waals surface area (Å²) in [5.74, 6) is -0.109. The number of carbonyl (C=O) groups excluding carboxylic acids is 3. The highest BCUT2D eigenvalue weighted by atomic mass is 19.1. The van der Waals surface area contributed by atoms with E-state index in [1.54, 1.807) is 50.7 Å². The minimum atomic E-state index is -0.632. The number of anilines is 1. The van der Waals surface area contributed by atoms with E-state index in [-0.39, 0.29) is 50.4 Å². The molecule has 0 atom stereocenters. The van der Waals surface area contributed by atoms with Crippen molar-refractivity contribution in [1.82, 2.24) is 30.4 Å². The molecule has 0 aliphatic carbocycles. The maximum Gasteiger partial charge on any atom is 0.410 e. The van der Waals surface area contributed by atoms with Crippen molar-refractivity contribution in [2.45, 2.75) is 60.2 Å². The largest absolute Gasteiger partial charge is 0.444 e. The normalized spacial score (nSPS) is 12.9. The summed E-state index contributed by atoms with van der Waals surface area (Å²) in [6.45, 7) is 12.1. The van der Waals surface area contributed by atoms with E-state index in [1.165, 1.54) is 16.0 Å². The molecule has 45 heavy (non-hydrogen) atoms. The van der Waals surface area contributed by atoms with Gasteiger partial charge in [-0.05, 0) is 57.9 Å². The SMILES string of the molecule is CCN(CCNC(=O)CN(CC(=O)N(C)N1Cc2cccc(F)c2C1)c1cc(-c2noc(C)n2)ccc1C)C(=O)OC(C)(C)C. The van der Waals surface area contributed by atoms with E-state index in [4.69, 9.17) is 9.26 Å². The lowest BCUT2D eigenvalue weighted by atomic mass is 10.1. The van der Waals surface area contributed by atoms with Gasteiger partial charge in [0.2, 0.25) is 17.6 Å². The highest BCUT2D eigenvalue weighted by Crippen LogP contribution is 2.28. The number of nitrogens with zero attached hydrogens (tertiary/aromatic N) is 6. The van der Waals surface area contributed by atoms with Crippen LogP contribution < -0.4 is 10.2 Å². The first-order chi connectivity index (χ1) is 21.3. The summed E-state index contributed by atoms with van der Waals surface area (Å²) in [6, 6.07) is 10.5. The van der Waals surface area contributed by atoms with Gasteiger partial charge in [-0.2, -0.15) is 4.98 Å². The molecule has 0 bridgehead atoms. The Kier molecular flexibility index (Phi) is 10.4. The molecular weight excluding hydrogens is 581 g/mol. The molecule has 12 nitrogen and oxygen atoms in total. The molecule has 1 aliphatic heterocycles. The third-order valence-corrected chi connectivity index (χ3v) is 7.43. The number of carbonyl (C=O) groups is 3. The lowest BCUT2D eigenvalue weighted by Gasteiger charge is -2.32. The average Bonchev–Trinajstić information content (AvgIpc) is 3.61. The second-order valence-corrected chi connectivity index (χ2v) is 12.0. The van der Waals surface area contributed by atoms with E-state index >= 15 is 0 Å². The van der Waals surface area contributed by atoms with Crippen molar-refractivity contribution in [2.75, 3.05) is 44.7 Å². The first-order valence-electron chi connectivity index (χ1n) is 14.9. The third kappa shape index (κ3) is 8.56. The molecule has 1 aliphatic rings. The topological polar surface area (TPSA) is 124 Å². The minimum absolute atomic E-state index is 0.131. The molecule has 2 aromatic carbocycles. The Labute approximate surface area is 263 Å². The van der Waals surface area contributed by atoms with Gasteiger partial charge >= 0.3 is 6.09 Å². The molecule has 4 rings (SSSR count). The molecule has 0 fully saturated rings. The lowest BCUT2D eigenvalue weighted by Crippen LogP contribution is -2.48. The summed E-state index contributed by atoms with van der Waals surface area (Å²) < 4.78 is 25.0. The summed E-state index contributed by atoms with van der Waals surface area (Å²) in [7, 11) is 1.64. The van der Waals surface area contributed by atoms with Crippen molar-refractivity contribution in [3.63, 3.8) is 0 Å². The van der Waals surface area contributed by atoms with E-state index in [0.29, 0.717) is 41.6 Å². The fraction of sp³-hybridized carbons (Fsp3) is 0.469. The number of hydrogen-bond acceptors (Lipinski definition) is 9. The number of aryl methyl sites for hydroxylation is 2. The molecule has 242 valence electrons. The molecule has 1 aromatic heterocycles. The van der Waals surface area contributed by atoms with E-state index in [9.17, 15) is 18.8 Å². The van der Waals surface area contributed by atoms with Gasteiger partial charge in [-0.15, -0.1) is 0 Å². The van der Waals surface area contributed by atoms with Crippen LogP contribution in [-0.4, -0.2) is 88.3 Å². The van der Waals surface area contributed by atoms with Gasteiger partial charge in [0.15, 0.2) is 0 Å². The minimum Gasteiger partial charge on any atom is -0.444 e. The van der Waals surface area contributed by atoms with E-state index in [2.05, 4.69) is 15.5 Å². The number of nitrogens with one attached hydrogen (secondary N) is 1. The third-order valence-electron chi connectivity index (χ3n) is 7.43. The molecule has 0 unspecified atom stereocenters. The van der Waals surface area contributed by atoms with Crippen LogP contribution in [0.2, 0.25) is 0 Å². The quantitative estimate of drug-likeness (QED) is 0.337. The fourth-order valence-corrected chi connectivity index (χ4v) is 5.00. The van der Waals surface area contributed by atoms with Gasteiger partial charge in [0.25, 0.3) is 5.91 Å². The number of hydrazine groups is 1. The molecular formula is C32H42FN7O5. The molecule has 13 heteroatoms. The Bertz CT molecular complexity index is 1540. The van der Waals surface area contributed by atoms with Gasteiger partial charge < -0.3 is 24.4 Å². The first kappa shape index (κ1) is 33.4. The molecule has 1 N–H and O–H groups in total. The number of hydrogen-bond donors (Lipinski definition) is 1. The maximum atomic E-state index is 14.4. The first-order valence-corrected chi connectivity index (χ1v) is 14.9. The summed E-state index contributed by atoms with van der Waals surface area (Å²) >= 11 is 0. The molecule has 0 radical (unpaired) electrons. The van der Waals surface area contributed by atoms with Crippen LogP contribution in [0.4, 0.5) is 14.9 Å². The highest BCUT2D eigenvalue weighted by molar-refractivity contribution is 5.87. The molecule has 2 heterocycles. The van der Waals surface area contributed by atoms with Crippen molar-refractivity contribution in [3.05, 3.63) is 64.8 Å². The standard InChI is InChI=1S/C32H42FN7O5/c1-8-38(31(43)44-32(4,5)6)15-14-34-28(41)19-39(27-16-23(13-12-21(27)2)30-35-22(3)45-36-30)20-29(42)37(7)40-17-24-10-9-11-26(33)25(24)18-40/h9-13,16H,8,14-15,17-20H2,1-7H3,(H,34,41). The number of amides is 3. The van der Waals surface area contributed by atoms with Gasteiger partial charge in [-0.1, -0.05) is 29.4 Å². The van der Waals surface area contributed by atoms with Crippen molar-refractivity contribution < 1.29 is 28.0 Å². The summed E-state index contributed by atoms with van der Waals surface area (Å²) in [4.78, 5) is 46.9. The Morgan fingerprint density at radius 3 is 2.51 bits per heavy atom. The van der Waals surface area contributed by atoms with E-state index in [1.807, 2.05) is 38.1 Å². The Morgan fingerprint density at radius 2 is 1.87 bits per heavy atom. The van der Waals surface area contributed by atoms with Crippen LogP contribution in [0.3, 0.4) is 0 Å². The van der Waals surface area contributed by atoms with Crippen molar-refractivity contribution in [1.29, 1.82) is 0 Å². The number of benzene rings is 2. The van der Waals surface area contributed by atoms with Crippen molar-refractivity contribution in [2.24, 2.45) is 0 Å². The van der Waals surface area contributed by atoms with Crippen LogP contribution in [0.1, 0.15) is 50.3 Å². The zero-order chi connectivity index (χ0) is 32.9. The molecule has 0 saturated carbocycles. The molecule has 0 spiro atoms. The smallest absolute Gasteiger partial charge is 0.410 e. The summed E-state index contributed by atoms with van der Waals surface area (Å²) in [5.41, 5.74) is 2.91. The number of halogens is 1. The summed E-state index contributed by atoms with van der Waals surface area (Å²) in [6.07, 6.45) is -0.456. The zero-order valence-electron chi connectivity index (χ0n) is 27.0. The second-order valence-electron chi connectivity index (χ2n) is 12.0. The Hall–Kier alpha value is -4.52. The van der Waals surface area contributed by atoms with E-state index in [0.717, 1.165) is 11.1 Å². The monoisotopic (exact) mass is 623 g/mol. The van der Waals surface area contributed by atoms with Gasteiger partial charge in [0.05, 0.1) is 13.1 Å². The second kappa shape index (κ2) is 14.1. The van der Waals surface area contributed by atoms with Crippen LogP contribution in [0, 0.1) is 19.7 Å². The highest BCUT2D eigenvalue weighted by Gasteiger charge is 2.29. The Morgan fingerprint density at radius 1 is 1.11 bits per heavy atom. The summed E-state index contributed by atoms with van der Waals surface area (Å²) in [5, 5.41) is 10.1. The Balaban J connectivity index is 1.49. The van der Waals surface area contributed by atoms with Gasteiger partial charge in [0.1, 0.15) is 11.4 Å². The molecule has 3 aromatic rings. The van der Waals surface area contributed by atoms with Crippen LogP contribution in [-0.2, 0) is 27.4 Å². The number of likely N-dealkylation sites (N-methyl/N-ethyl adjacent to an activating group) is 2. The van der Waals surface area contributed by atoms with Crippen LogP contribution in [0.25, 0.3) is 11.4 Å². The van der Waals surface area contributed by atoms with Crippen LogP contribution >= 0.6 is 0 Å². The van der Waals surface area contributed by atoms with Gasteiger partial charge in [-0.3, -0.25) is 14.6 Å². The van der Waals surface area contributed by atoms with Crippen molar-refractivity contribution in [3.8, 4) is 11.4 Å². The number of ether oxygens (including phenoxy) is 1.